The van der Waals surface area contributed by atoms with Crippen molar-refractivity contribution in [3.05, 3.63) is 29.6 Å². The molecule has 1 aliphatic rings. The quantitative estimate of drug-likeness (QED) is 0.591. The first-order chi connectivity index (χ1) is 8.60. The van der Waals surface area contributed by atoms with E-state index in [4.69, 9.17) is 10.2 Å². The van der Waals surface area contributed by atoms with E-state index in [-0.39, 0.29) is 18.3 Å². The van der Waals surface area contributed by atoms with Crippen molar-refractivity contribution in [1.82, 2.24) is 5.32 Å². The van der Waals surface area contributed by atoms with Gasteiger partial charge in [0, 0.05) is 18.7 Å². The van der Waals surface area contributed by atoms with Crippen molar-refractivity contribution in [3.63, 3.8) is 0 Å². The number of carbonyl (C=O) groups is 1. The molecule has 2 atom stereocenters. The first-order valence-electron chi connectivity index (χ1n) is 5.71. The minimum absolute atomic E-state index is 0.00177. The third kappa shape index (κ3) is 2.77. The minimum Gasteiger partial charge on any atom is -0.394 e. The van der Waals surface area contributed by atoms with E-state index in [9.17, 15) is 9.18 Å². The molecule has 2 unspecified atom stereocenters. The fraction of sp³-hybridized carbons (Fsp3) is 0.417. The highest BCUT2D eigenvalue weighted by Crippen LogP contribution is 2.26. The Labute approximate surface area is 104 Å². The van der Waals surface area contributed by atoms with Crippen molar-refractivity contribution < 1.29 is 19.4 Å². The Kier molecular flexibility index (Phi) is 3.78. The van der Waals surface area contributed by atoms with E-state index in [1.165, 1.54) is 12.1 Å². The van der Waals surface area contributed by atoms with Gasteiger partial charge in [-0.1, -0.05) is 0 Å². The summed E-state index contributed by atoms with van der Waals surface area (Å²) in [7, 11) is 0. The fourth-order valence-corrected chi connectivity index (χ4v) is 1.90. The minimum atomic E-state index is -0.963. The van der Waals surface area contributed by atoms with E-state index in [1.807, 2.05) is 0 Å². The van der Waals surface area contributed by atoms with Crippen LogP contribution < -0.4 is 10.6 Å². The van der Waals surface area contributed by atoms with E-state index < -0.39 is 18.8 Å². The summed E-state index contributed by atoms with van der Waals surface area (Å²) < 4.78 is 13.0. The van der Waals surface area contributed by atoms with Crippen molar-refractivity contribution in [2.45, 2.75) is 18.6 Å². The van der Waals surface area contributed by atoms with Crippen LogP contribution in [0.1, 0.15) is 5.56 Å². The average Bonchev–Trinajstić information content (AvgIpc) is 2.78. The van der Waals surface area contributed by atoms with Gasteiger partial charge in [0.25, 0.3) is 0 Å². The highest BCUT2D eigenvalue weighted by Gasteiger charge is 2.26. The molecule has 1 aromatic rings. The van der Waals surface area contributed by atoms with Gasteiger partial charge in [-0.05, 0) is 23.8 Å². The number of fused-ring (bicyclic) bond motifs is 1. The molecule has 0 bridgehead atoms. The van der Waals surface area contributed by atoms with E-state index >= 15 is 0 Å². The second-order valence-corrected chi connectivity index (χ2v) is 4.28. The molecule has 0 saturated carbocycles. The Hall–Kier alpha value is -1.66. The maximum Gasteiger partial charge on any atom is 0.242 e. The SMILES string of the molecule is O=C(NCC(O)CO)C1Cc2cc(F)ccc2N1. The van der Waals surface area contributed by atoms with Crippen molar-refractivity contribution in [1.29, 1.82) is 0 Å². The number of anilines is 1. The van der Waals surface area contributed by atoms with Crippen molar-refractivity contribution in [3.8, 4) is 0 Å². The standard InChI is InChI=1S/C12H15FN2O3/c13-8-1-2-10-7(3-8)4-11(15-10)12(18)14-5-9(17)6-16/h1-3,9,11,15-17H,4-6H2,(H,14,18). The molecule has 98 valence electrons. The van der Waals surface area contributed by atoms with Crippen LogP contribution in [0.25, 0.3) is 0 Å². The van der Waals surface area contributed by atoms with Gasteiger partial charge in [0.2, 0.25) is 5.91 Å². The Bertz CT molecular complexity index is 453. The molecular weight excluding hydrogens is 239 g/mol. The van der Waals surface area contributed by atoms with Gasteiger partial charge in [-0.2, -0.15) is 0 Å². The molecule has 1 amide bonds. The second-order valence-electron chi connectivity index (χ2n) is 4.28. The third-order valence-corrected chi connectivity index (χ3v) is 2.86. The summed E-state index contributed by atoms with van der Waals surface area (Å²) in [5, 5.41) is 23.3. The van der Waals surface area contributed by atoms with Crippen LogP contribution >= 0.6 is 0 Å². The molecular formula is C12H15FN2O3. The number of hydrogen-bond donors (Lipinski definition) is 4. The first-order valence-corrected chi connectivity index (χ1v) is 5.71. The Morgan fingerprint density at radius 3 is 3.11 bits per heavy atom. The van der Waals surface area contributed by atoms with Crippen molar-refractivity contribution in [2.24, 2.45) is 0 Å². The third-order valence-electron chi connectivity index (χ3n) is 2.86. The number of amides is 1. The van der Waals surface area contributed by atoms with Gasteiger partial charge in [-0.15, -0.1) is 0 Å². The maximum atomic E-state index is 13.0. The van der Waals surface area contributed by atoms with Gasteiger partial charge in [0.05, 0.1) is 12.7 Å². The van der Waals surface area contributed by atoms with Crippen LogP contribution in [-0.4, -0.2) is 41.4 Å². The molecule has 5 nitrogen and oxygen atoms in total. The van der Waals surface area contributed by atoms with Gasteiger partial charge in [0.15, 0.2) is 0 Å². The van der Waals surface area contributed by atoms with Crippen molar-refractivity contribution >= 4 is 11.6 Å². The van der Waals surface area contributed by atoms with Gasteiger partial charge in [-0.3, -0.25) is 4.79 Å². The molecule has 0 spiro atoms. The Morgan fingerprint density at radius 2 is 2.39 bits per heavy atom. The average molecular weight is 254 g/mol. The van der Waals surface area contributed by atoms with Crippen LogP contribution in [-0.2, 0) is 11.2 Å². The monoisotopic (exact) mass is 254 g/mol. The number of benzene rings is 1. The normalized spacial score (nSPS) is 18.9. The lowest BCUT2D eigenvalue weighted by Gasteiger charge is -2.13. The van der Waals surface area contributed by atoms with Gasteiger partial charge < -0.3 is 20.8 Å². The summed E-state index contributed by atoms with van der Waals surface area (Å²) in [6.07, 6.45) is -0.552. The maximum absolute atomic E-state index is 13.0. The molecule has 0 radical (unpaired) electrons. The number of aliphatic hydroxyl groups is 2. The molecule has 1 aromatic carbocycles. The van der Waals surface area contributed by atoms with E-state index in [0.717, 1.165) is 11.3 Å². The zero-order chi connectivity index (χ0) is 13.1. The van der Waals surface area contributed by atoms with Gasteiger partial charge in [0.1, 0.15) is 11.9 Å². The number of nitrogens with one attached hydrogen (secondary N) is 2. The van der Waals surface area contributed by atoms with Crippen LogP contribution in [0, 0.1) is 5.82 Å². The zero-order valence-electron chi connectivity index (χ0n) is 9.69. The summed E-state index contributed by atoms with van der Waals surface area (Å²) in [6.45, 7) is -0.401. The summed E-state index contributed by atoms with van der Waals surface area (Å²) in [5.74, 6) is -0.605. The van der Waals surface area contributed by atoms with Crippen LogP contribution in [0.15, 0.2) is 18.2 Å². The topological polar surface area (TPSA) is 81.6 Å². The fourth-order valence-electron chi connectivity index (χ4n) is 1.90. The first kappa shape index (κ1) is 12.8. The highest BCUT2D eigenvalue weighted by molar-refractivity contribution is 5.87. The van der Waals surface area contributed by atoms with E-state index in [0.29, 0.717) is 6.42 Å². The van der Waals surface area contributed by atoms with E-state index in [2.05, 4.69) is 10.6 Å². The number of halogens is 1. The van der Waals surface area contributed by atoms with Crippen LogP contribution in [0.3, 0.4) is 0 Å². The van der Waals surface area contributed by atoms with Crippen LogP contribution in [0.4, 0.5) is 10.1 Å². The number of aliphatic hydroxyl groups excluding tert-OH is 2. The number of rotatable bonds is 4. The summed E-state index contributed by atoms with van der Waals surface area (Å²) >= 11 is 0. The molecule has 0 aliphatic carbocycles. The predicted octanol–water partition coefficient (Wildman–Crippen LogP) is -0.368. The van der Waals surface area contributed by atoms with E-state index in [1.54, 1.807) is 6.07 Å². The smallest absolute Gasteiger partial charge is 0.242 e. The lowest BCUT2D eigenvalue weighted by Crippen LogP contribution is -2.42. The molecule has 4 N–H and O–H groups in total. The lowest BCUT2D eigenvalue weighted by atomic mass is 10.1. The Balaban J connectivity index is 1.92. The molecule has 0 saturated heterocycles. The largest absolute Gasteiger partial charge is 0.394 e. The summed E-state index contributed by atoms with van der Waals surface area (Å²) in [5.41, 5.74) is 1.51. The van der Waals surface area contributed by atoms with Gasteiger partial charge >= 0.3 is 0 Å². The molecule has 0 aromatic heterocycles. The molecule has 1 aliphatic heterocycles. The molecule has 2 rings (SSSR count). The molecule has 1 heterocycles. The zero-order valence-corrected chi connectivity index (χ0v) is 9.69. The highest BCUT2D eigenvalue weighted by atomic mass is 19.1. The Morgan fingerprint density at radius 1 is 1.61 bits per heavy atom. The number of hydrogen-bond acceptors (Lipinski definition) is 4. The van der Waals surface area contributed by atoms with Crippen LogP contribution in [0.2, 0.25) is 0 Å². The molecule has 18 heavy (non-hydrogen) atoms. The second kappa shape index (κ2) is 5.32. The van der Waals surface area contributed by atoms with Gasteiger partial charge in [-0.25, -0.2) is 4.39 Å². The summed E-state index contributed by atoms with van der Waals surface area (Å²) in [6, 6.07) is 3.87. The van der Waals surface area contributed by atoms with Crippen molar-refractivity contribution in [2.75, 3.05) is 18.5 Å². The number of carbonyl (C=O) groups excluding carboxylic acids is 1. The van der Waals surface area contributed by atoms with Crippen LogP contribution in [0.5, 0.6) is 0 Å². The lowest BCUT2D eigenvalue weighted by molar-refractivity contribution is -0.122. The molecule has 0 fully saturated rings. The molecule has 6 heteroatoms. The predicted molar refractivity (Wildman–Crippen MR) is 63.6 cm³/mol. The summed E-state index contributed by atoms with van der Waals surface area (Å²) in [4.78, 5) is 11.8.